The van der Waals surface area contributed by atoms with Gasteiger partial charge in [-0.3, -0.25) is 0 Å². The minimum Gasteiger partial charge on any atom is -0.435 e. The second-order valence-electron chi connectivity index (χ2n) is 2.72. The Bertz CT molecular complexity index is 163. The molecule has 1 atom stereocenters. The van der Waals surface area contributed by atoms with Gasteiger partial charge >= 0.3 is 5.97 Å². The van der Waals surface area contributed by atoms with Crippen LogP contribution < -0.4 is 0 Å². The summed E-state index contributed by atoms with van der Waals surface area (Å²) in [5, 5.41) is 0. The number of carbonyl (C=O) groups is 1. The van der Waals surface area contributed by atoms with Crippen molar-refractivity contribution in [3.8, 4) is 0 Å². The first-order valence-corrected chi connectivity index (χ1v) is 4.02. The van der Waals surface area contributed by atoms with Gasteiger partial charge in [0.15, 0.2) is 6.79 Å². The summed E-state index contributed by atoms with van der Waals surface area (Å²) in [5.74, 6) is -0.404. The summed E-state index contributed by atoms with van der Waals surface area (Å²) in [4.78, 5) is 10.8. The third-order valence-electron chi connectivity index (χ3n) is 1.47. The van der Waals surface area contributed by atoms with Gasteiger partial charge < -0.3 is 9.47 Å². The lowest BCUT2D eigenvalue weighted by Gasteiger charge is -2.10. The SMILES string of the molecule is C=C(C)C(=O)OCOC(C)CC. The predicted molar refractivity (Wildman–Crippen MR) is 46.6 cm³/mol. The molecule has 0 amide bonds. The van der Waals surface area contributed by atoms with E-state index in [-0.39, 0.29) is 12.9 Å². The van der Waals surface area contributed by atoms with E-state index in [0.717, 1.165) is 6.42 Å². The van der Waals surface area contributed by atoms with Crippen molar-refractivity contribution >= 4 is 5.97 Å². The molecular formula is C9H16O3. The molecule has 0 aliphatic carbocycles. The number of carbonyl (C=O) groups excluding carboxylic acids is 1. The van der Waals surface area contributed by atoms with Crippen molar-refractivity contribution in [3.63, 3.8) is 0 Å². The molecule has 0 heterocycles. The van der Waals surface area contributed by atoms with E-state index in [4.69, 9.17) is 9.47 Å². The van der Waals surface area contributed by atoms with Crippen LogP contribution in [0.2, 0.25) is 0 Å². The van der Waals surface area contributed by atoms with Crippen LogP contribution in [0.3, 0.4) is 0 Å². The van der Waals surface area contributed by atoms with Gasteiger partial charge in [0.2, 0.25) is 0 Å². The molecule has 0 saturated carbocycles. The zero-order chi connectivity index (χ0) is 9.56. The van der Waals surface area contributed by atoms with E-state index in [9.17, 15) is 4.79 Å². The number of hydrogen-bond acceptors (Lipinski definition) is 3. The van der Waals surface area contributed by atoms with Crippen LogP contribution in [-0.4, -0.2) is 18.9 Å². The van der Waals surface area contributed by atoms with Crippen LogP contribution in [0.1, 0.15) is 27.2 Å². The molecule has 0 aliphatic rings. The van der Waals surface area contributed by atoms with Gasteiger partial charge in [-0.2, -0.15) is 0 Å². The van der Waals surface area contributed by atoms with Gasteiger partial charge in [0.1, 0.15) is 0 Å². The molecule has 3 nitrogen and oxygen atoms in total. The lowest BCUT2D eigenvalue weighted by atomic mass is 10.3. The molecule has 0 aromatic rings. The molecule has 3 heteroatoms. The van der Waals surface area contributed by atoms with Crippen molar-refractivity contribution in [1.29, 1.82) is 0 Å². The lowest BCUT2D eigenvalue weighted by molar-refractivity contribution is -0.155. The van der Waals surface area contributed by atoms with Crippen LogP contribution in [-0.2, 0) is 14.3 Å². The monoisotopic (exact) mass is 172 g/mol. The van der Waals surface area contributed by atoms with Crippen molar-refractivity contribution in [3.05, 3.63) is 12.2 Å². The van der Waals surface area contributed by atoms with E-state index in [1.807, 2.05) is 13.8 Å². The molecule has 0 N–H and O–H groups in total. The lowest BCUT2D eigenvalue weighted by Crippen LogP contribution is -2.13. The fraction of sp³-hybridized carbons (Fsp3) is 0.667. The summed E-state index contributed by atoms with van der Waals surface area (Å²) in [7, 11) is 0. The molecule has 0 fully saturated rings. The zero-order valence-corrected chi connectivity index (χ0v) is 7.92. The highest BCUT2D eigenvalue weighted by Gasteiger charge is 2.03. The summed E-state index contributed by atoms with van der Waals surface area (Å²) in [6.45, 7) is 8.99. The highest BCUT2D eigenvalue weighted by Crippen LogP contribution is 1.97. The van der Waals surface area contributed by atoms with E-state index in [0.29, 0.717) is 5.57 Å². The summed E-state index contributed by atoms with van der Waals surface area (Å²) in [6.07, 6.45) is 1.04. The maximum atomic E-state index is 10.8. The van der Waals surface area contributed by atoms with Crippen LogP contribution in [0.25, 0.3) is 0 Å². The Morgan fingerprint density at radius 1 is 1.58 bits per heavy atom. The first-order chi connectivity index (χ1) is 5.57. The largest absolute Gasteiger partial charge is 0.435 e. The molecule has 0 aliphatic heterocycles. The quantitative estimate of drug-likeness (QED) is 0.361. The highest BCUT2D eigenvalue weighted by molar-refractivity contribution is 5.86. The topological polar surface area (TPSA) is 35.5 Å². The number of ether oxygens (including phenoxy) is 2. The van der Waals surface area contributed by atoms with Gasteiger partial charge in [-0.05, 0) is 20.3 Å². The van der Waals surface area contributed by atoms with Crippen LogP contribution in [0, 0.1) is 0 Å². The van der Waals surface area contributed by atoms with Crippen molar-refractivity contribution in [2.45, 2.75) is 33.3 Å². The number of rotatable bonds is 5. The van der Waals surface area contributed by atoms with Crippen molar-refractivity contribution in [1.82, 2.24) is 0 Å². The summed E-state index contributed by atoms with van der Waals surface area (Å²) in [5.41, 5.74) is 0.391. The summed E-state index contributed by atoms with van der Waals surface area (Å²) in [6, 6.07) is 0. The van der Waals surface area contributed by atoms with Crippen LogP contribution in [0.5, 0.6) is 0 Å². The first kappa shape index (κ1) is 11.2. The summed E-state index contributed by atoms with van der Waals surface area (Å²) < 4.78 is 9.84. The number of hydrogen-bond donors (Lipinski definition) is 0. The molecule has 0 aromatic carbocycles. The molecule has 0 radical (unpaired) electrons. The fourth-order valence-corrected chi connectivity index (χ4v) is 0.445. The zero-order valence-electron chi connectivity index (χ0n) is 7.92. The summed E-state index contributed by atoms with van der Waals surface area (Å²) >= 11 is 0. The predicted octanol–water partition coefficient (Wildman–Crippen LogP) is 1.88. The molecule has 0 bridgehead atoms. The fourth-order valence-electron chi connectivity index (χ4n) is 0.445. The Hall–Kier alpha value is -0.830. The van der Waals surface area contributed by atoms with E-state index in [2.05, 4.69) is 6.58 Å². The number of esters is 1. The van der Waals surface area contributed by atoms with Crippen LogP contribution in [0.4, 0.5) is 0 Å². The van der Waals surface area contributed by atoms with Gasteiger partial charge in [-0.15, -0.1) is 0 Å². The Morgan fingerprint density at radius 2 is 2.17 bits per heavy atom. The third kappa shape index (κ3) is 4.91. The van der Waals surface area contributed by atoms with Gasteiger partial charge in [-0.25, -0.2) is 4.79 Å². The minimum atomic E-state index is -0.404. The van der Waals surface area contributed by atoms with Crippen LogP contribution in [0.15, 0.2) is 12.2 Å². The third-order valence-corrected chi connectivity index (χ3v) is 1.47. The Balaban J connectivity index is 3.44. The normalized spacial score (nSPS) is 12.2. The Morgan fingerprint density at radius 3 is 2.58 bits per heavy atom. The standard InChI is InChI=1S/C9H16O3/c1-5-8(4)11-6-12-9(10)7(2)3/h8H,2,5-6H2,1,3-4H3. The Kier molecular flexibility index (Phi) is 5.37. The smallest absolute Gasteiger partial charge is 0.335 e. The van der Waals surface area contributed by atoms with Gasteiger partial charge in [0, 0.05) is 5.57 Å². The van der Waals surface area contributed by atoms with Crippen LogP contribution >= 0.6 is 0 Å². The second kappa shape index (κ2) is 5.77. The average Bonchev–Trinajstić information content (AvgIpc) is 2.03. The van der Waals surface area contributed by atoms with Gasteiger partial charge in [0.05, 0.1) is 6.10 Å². The average molecular weight is 172 g/mol. The maximum Gasteiger partial charge on any atom is 0.335 e. The highest BCUT2D eigenvalue weighted by atomic mass is 16.7. The van der Waals surface area contributed by atoms with Gasteiger partial charge in [-0.1, -0.05) is 13.5 Å². The van der Waals surface area contributed by atoms with E-state index in [1.165, 1.54) is 0 Å². The molecule has 1 unspecified atom stereocenters. The molecular weight excluding hydrogens is 156 g/mol. The van der Waals surface area contributed by atoms with E-state index in [1.54, 1.807) is 6.92 Å². The molecule has 0 saturated heterocycles. The first-order valence-electron chi connectivity index (χ1n) is 4.02. The van der Waals surface area contributed by atoms with E-state index < -0.39 is 5.97 Å². The minimum absolute atomic E-state index is 0.0146. The van der Waals surface area contributed by atoms with E-state index >= 15 is 0 Å². The molecule has 70 valence electrons. The van der Waals surface area contributed by atoms with Crippen molar-refractivity contribution < 1.29 is 14.3 Å². The second-order valence-corrected chi connectivity index (χ2v) is 2.72. The molecule has 0 rings (SSSR count). The molecule has 0 spiro atoms. The molecule has 0 aromatic heterocycles. The molecule has 12 heavy (non-hydrogen) atoms. The van der Waals surface area contributed by atoms with Gasteiger partial charge in [0.25, 0.3) is 0 Å². The maximum absolute atomic E-state index is 10.8. The van der Waals surface area contributed by atoms with Crippen molar-refractivity contribution in [2.24, 2.45) is 0 Å². The van der Waals surface area contributed by atoms with Crippen molar-refractivity contribution in [2.75, 3.05) is 6.79 Å². The Labute approximate surface area is 73.4 Å².